The summed E-state index contributed by atoms with van der Waals surface area (Å²) >= 11 is 0. The standard InChI is InChI=1S/C20H17N5O3/c26-17-12-18(25-6-8-27-9-7-25)28-19-15(13-4-2-1-3-5-13)10-14(11-16(17)19)20-21-23-24-22-20/h1-5,10-12H,6-9H2,(H,21,22,23,24). The van der Waals surface area contributed by atoms with Gasteiger partial charge in [0.1, 0.15) is 5.58 Å². The molecule has 0 amide bonds. The molecule has 0 saturated carbocycles. The number of H-pyrrole nitrogens is 1. The molecule has 2 aromatic heterocycles. The maximum absolute atomic E-state index is 13.0. The number of anilines is 1. The first-order chi connectivity index (χ1) is 13.8. The molecule has 0 bridgehead atoms. The lowest BCUT2D eigenvalue weighted by Crippen LogP contribution is -2.36. The van der Waals surface area contributed by atoms with E-state index in [-0.39, 0.29) is 5.43 Å². The zero-order chi connectivity index (χ0) is 18.9. The van der Waals surface area contributed by atoms with E-state index in [1.807, 2.05) is 41.3 Å². The summed E-state index contributed by atoms with van der Waals surface area (Å²) in [5.74, 6) is 0.987. The molecule has 0 radical (unpaired) electrons. The molecule has 8 heteroatoms. The molecule has 1 aliphatic rings. The van der Waals surface area contributed by atoms with Crippen molar-refractivity contribution in [3.63, 3.8) is 0 Å². The van der Waals surface area contributed by atoms with E-state index in [0.29, 0.717) is 54.5 Å². The first kappa shape index (κ1) is 16.6. The van der Waals surface area contributed by atoms with Gasteiger partial charge in [0.2, 0.25) is 5.82 Å². The van der Waals surface area contributed by atoms with Crippen LogP contribution in [0, 0.1) is 0 Å². The second kappa shape index (κ2) is 6.90. The second-order valence-electron chi connectivity index (χ2n) is 6.55. The van der Waals surface area contributed by atoms with Gasteiger partial charge in [-0.1, -0.05) is 30.3 Å². The van der Waals surface area contributed by atoms with Crippen molar-refractivity contribution in [1.82, 2.24) is 20.6 Å². The Bertz CT molecular complexity index is 1170. The number of rotatable bonds is 3. The van der Waals surface area contributed by atoms with Crippen molar-refractivity contribution in [1.29, 1.82) is 0 Å². The monoisotopic (exact) mass is 375 g/mol. The minimum absolute atomic E-state index is 0.106. The number of tetrazole rings is 1. The molecule has 1 aliphatic heterocycles. The third-order valence-electron chi connectivity index (χ3n) is 4.83. The summed E-state index contributed by atoms with van der Waals surface area (Å²) in [5.41, 5.74) is 2.90. The highest BCUT2D eigenvalue weighted by Crippen LogP contribution is 2.33. The molecular formula is C20H17N5O3. The van der Waals surface area contributed by atoms with Crippen molar-refractivity contribution in [3.05, 3.63) is 58.8 Å². The number of hydrogen-bond donors (Lipinski definition) is 1. The summed E-state index contributed by atoms with van der Waals surface area (Å²) in [5, 5.41) is 14.7. The Labute approximate surface area is 159 Å². The van der Waals surface area contributed by atoms with Gasteiger partial charge in [0.15, 0.2) is 11.3 Å². The highest BCUT2D eigenvalue weighted by molar-refractivity contribution is 5.96. The number of nitrogens with one attached hydrogen (secondary N) is 1. The molecule has 3 heterocycles. The predicted octanol–water partition coefficient (Wildman–Crippen LogP) is 2.48. The maximum atomic E-state index is 13.0. The van der Waals surface area contributed by atoms with E-state index in [0.717, 1.165) is 11.1 Å². The molecule has 5 rings (SSSR count). The van der Waals surface area contributed by atoms with Gasteiger partial charge in [-0.2, -0.15) is 5.21 Å². The number of aromatic amines is 1. The van der Waals surface area contributed by atoms with Crippen LogP contribution in [-0.2, 0) is 4.74 Å². The van der Waals surface area contributed by atoms with Crippen molar-refractivity contribution in [3.8, 4) is 22.5 Å². The molecule has 0 atom stereocenters. The summed E-state index contributed by atoms with van der Waals surface area (Å²) in [6.07, 6.45) is 0. The molecule has 0 aliphatic carbocycles. The summed E-state index contributed by atoms with van der Waals surface area (Å²) in [7, 11) is 0. The number of ether oxygens (including phenoxy) is 1. The second-order valence-corrected chi connectivity index (χ2v) is 6.55. The minimum atomic E-state index is -0.106. The van der Waals surface area contributed by atoms with Crippen LogP contribution in [0.4, 0.5) is 5.88 Å². The van der Waals surface area contributed by atoms with Crippen LogP contribution in [0.3, 0.4) is 0 Å². The summed E-state index contributed by atoms with van der Waals surface area (Å²) in [6, 6.07) is 15.0. The highest BCUT2D eigenvalue weighted by atomic mass is 16.5. The summed E-state index contributed by atoms with van der Waals surface area (Å²) < 4.78 is 11.7. The van der Waals surface area contributed by atoms with Gasteiger partial charge in [-0.15, -0.1) is 10.2 Å². The molecule has 1 saturated heterocycles. The molecule has 28 heavy (non-hydrogen) atoms. The van der Waals surface area contributed by atoms with Crippen LogP contribution in [0.1, 0.15) is 0 Å². The smallest absolute Gasteiger partial charge is 0.204 e. The van der Waals surface area contributed by atoms with Crippen LogP contribution < -0.4 is 10.3 Å². The Morgan fingerprint density at radius 2 is 1.82 bits per heavy atom. The van der Waals surface area contributed by atoms with Gasteiger partial charge in [-0.3, -0.25) is 4.79 Å². The molecule has 1 fully saturated rings. The number of aromatic nitrogens is 4. The van der Waals surface area contributed by atoms with Gasteiger partial charge in [-0.05, 0) is 22.9 Å². The van der Waals surface area contributed by atoms with Gasteiger partial charge >= 0.3 is 0 Å². The van der Waals surface area contributed by atoms with Crippen LogP contribution in [0.5, 0.6) is 0 Å². The maximum Gasteiger partial charge on any atom is 0.204 e. The number of morpholine rings is 1. The summed E-state index contributed by atoms with van der Waals surface area (Å²) in [4.78, 5) is 15.0. The van der Waals surface area contributed by atoms with E-state index < -0.39 is 0 Å². The quantitative estimate of drug-likeness (QED) is 0.587. The fraction of sp³-hybridized carbons (Fsp3) is 0.200. The molecule has 0 unspecified atom stereocenters. The summed E-state index contributed by atoms with van der Waals surface area (Å²) in [6.45, 7) is 2.61. The van der Waals surface area contributed by atoms with Crippen LogP contribution >= 0.6 is 0 Å². The average Bonchev–Trinajstić information content (AvgIpc) is 3.29. The Morgan fingerprint density at radius 3 is 2.57 bits per heavy atom. The zero-order valence-corrected chi connectivity index (χ0v) is 15.0. The molecule has 0 spiro atoms. The Morgan fingerprint density at radius 1 is 1.00 bits per heavy atom. The topological polar surface area (TPSA) is 97.1 Å². The largest absolute Gasteiger partial charge is 0.440 e. The lowest BCUT2D eigenvalue weighted by molar-refractivity contribution is 0.121. The zero-order valence-electron chi connectivity index (χ0n) is 15.0. The SMILES string of the molecule is O=c1cc(N2CCOCC2)oc2c(-c3ccccc3)cc(-c3nn[nH]n3)cc12. The van der Waals surface area contributed by atoms with Crippen molar-refractivity contribution >= 4 is 16.9 Å². The highest BCUT2D eigenvalue weighted by Gasteiger charge is 2.19. The van der Waals surface area contributed by atoms with E-state index in [4.69, 9.17) is 9.15 Å². The molecule has 1 N–H and O–H groups in total. The van der Waals surface area contributed by atoms with Gasteiger partial charge in [0.25, 0.3) is 0 Å². The Balaban J connectivity index is 1.76. The van der Waals surface area contributed by atoms with Crippen LogP contribution in [0.2, 0.25) is 0 Å². The first-order valence-corrected chi connectivity index (χ1v) is 9.03. The van der Waals surface area contributed by atoms with Crippen molar-refractivity contribution in [2.75, 3.05) is 31.2 Å². The number of benzene rings is 2. The molecule has 8 nitrogen and oxygen atoms in total. The predicted molar refractivity (Wildman–Crippen MR) is 104 cm³/mol. The lowest BCUT2D eigenvalue weighted by Gasteiger charge is -2.27. The third-order valence-corrected chi connectivity index (χ3v) is 4.83. The minimum Gasteiger partial charge on any atom is -0.440 e. The van der Waals surface area contributed by atoms with Gasteiger partial charge in [0.05, 0.1) is 18.6 Å². The van der Waals surface area contributed by atoms with Crippen LogP contribution in [0.25, 0.3) is 33.5 Å². The van der Waals surface area contributed by atoms with Crippen molar-refractivity contribution < 1.29 is 9.15 Å². The van der Waals surface area contributed by atoms with E-state index in [9.17, 15) is 4.79 Å². The normalized spacial score (nSPS) is 14.5. The fourth-order valence-corrected chi connectivity index (χ4v) is 3.43. The van der Waals surface area contributed by atoms with Gasteiger partial charge in [0, 0.05) is 30.3 Å². The van der Waals surface area contributed by atoms with Crippen molar-refractivity contribution in [2.24, 2.45) is 0 Å². The van der Waals surface area contributed by atoms with Crippen molar-refractivity contribution in [2.45, 2.75) is 0 Å². The lowest BCUT2D eigenvalue weighted by atomic mass is 9.99. The Hall–Kier alpha value is -3.52. The molecule has 2 aromatic carbocycles. The number of nitrogens with zero attached hydrogens (tertiary/aromatic N) is 4. The average molecular weight is 375 g/mol. The van der Waals surface area contributed by atoms with E-state index >= 15 is 0 Å². The van der Waals surface area contributed by atoms with Gasteiger partial charge in [-0.25, -0.2) is 0 Å². The number of hydrogen-bond acceptors (Lipinski definition) is 7. The Kier molecular flexibility index (Phi) is 4.10. The first-order valence-electron chi connectivity index (χ1n) is 9.03. The van der Waals surface area contributed by atoms with Crippen LogP contribution in [0.15, 0.2) is 57.7 Å². The molecule has 4 aromatic rings. The van der Waals surface area contributed by atoms with Gasteiger partial charge < -0.3 is 14.1 Å². The van der Waals surface area contributed by atoms with E-state index in [2.05, 4.69) is 20.6 Å². The molecule has 140 valence electrons. The molecular weight excluding hydrogens is 358 g/mol. The fourth-order valence-electron chi connectivity index (χ4n) is 3.43. The third kappa shape index (κ3) is 2.93. The number of fused-ring (bicyclic) bond motifs is 1. The van der Waals surface area contributed by atoms with Crippen LogP contribution in [-0.4, -0.2) is 46.9 Å². The van der Waals surface area contributed by atoms with E-state index in [1.54, 1.807) is 12.1 Å². The van der Waals surface area contributed by atoms with E-state index in [1.165, 1.54) is 0 Å².